The van der Waals surface area contributed by atoms with E-state index >= 15 is 0 Å². The van der Waals surface area contributed by atoms with Gasteiger partial charge in [0.05, 0.1) is 11.2 Å². The molecule has 4 aliphatic rings. The molecule has 3 heteroatoms. The maximum atomic E-state index is 5.76. The van der Waals surface area contributed by atoms with E-state index in [4.69, 9.17) is 10.7 Å². The molecule has 0 aromatic carbocycles. The number of hydrogen-bond acceptors (Lipinski definition) is 3. The van der Waals surface area contributed by atoms with E-state index in [1.807, 2.05) is 11.3 Å². The molecule has 4 bridgehead atoms. The van der Waals surface area contributed by atoms with Gasteiger partial charge in [-0.3, -0.25) is 0 Å². The molecule has 18 heavy (non-hydrogen) atoms. The van der Waals surface area contributed by atoms with Crippen LogP contribution in [-0.2, 0) is 11.8 Å². The van der Waals surface area contributed by atoms with Crippen molar-refractivity contribution in [3.63, 3.8) is 0 Å². The summed E-state index contributed by atoms with van der Waals surface area (Å²) in [5, 5.41) is 0. The summed E-state index contributed by atoms with van der Waals surface area (Å²) in [6.07, 6.45) is 9.81. The largest absolute Gasteiger partial charge is 0.330 e. The zero-order valence-corrected chi connectivity index (χ0v) is 11.7. The first-order chi connectivity index (χ1) is 8.79. The van der Waals surface area contributed by atoms with E-state index in [0.717, 1.165) is 30.7 Å². The van der Waals surface area contributed by atoms with Crippen LogP contribution in [0.4, 0.5) is 0 Å². The third-order valence-corrected chi connectivity index (χ3v) is 6.45. The summed E-state index contributed by atoms with van der Waals surface area (Å²) in [7, 11) is 0. The third kappa shape index (κ3) is 1.60. The van der Waals surface area contributed by atoms with Crippen molar-refractivity contribution in [2.24, 2.45) is 23.5 Å². The molecule has 2 nitrogen and oxygen atoms in total. The molecule has 1 heterocycles. The Kier molecular flexibility index (Phi) is 2.56. The van der Waals surface area contributed by atoms with Crippen molar-refractivity contribution in [2.75, 3.05) is 6.54 Å². The van der Waals surface area contributed by atoms with Gasteiger partial charge in [-0.1, -0.05) is 0 Å². The Hall–Kier alpha value is -0.410. The Labute approximate surface area is 113 Å². The molecule has 1 aromatic rings. The average Bonchev–Trinajstić information content (AvgIpc) is 2.76. The zero-order chi connectivity index (χ0) is 12.2. The molecule has 4 fully saturated rings. The van der Waals surface area contributed by atoms with Crippen LogP contribution in [0.2, 0.25) is 0 Å². The lowest BCUT2D eigenvalue weighted by atomic mass is 9.48. The number of aromatic nitrogens is 1. The van der Waals surface area contributed by atoms with E-state index in [1.54, 1.807) is 0 Å². The van der Waals surface area contributed by atoms with Crippen LogP contribution >= 0.6 is 11.3 Å². The first-order valence-electron chi connectivity index (χ1n) is 7.42. The summed E-state index contributed by atoms with van der Waals surface area (Å²) < 4.78 is 0. The lowest BCUT2D eigenvalue weighted by Gasteiger charge is -2.56. The highest BCUT2D eigenvalue weighted by Crippen LogP contribution is 2.61. The van der Waals surface area contributed by atoms with Crippen molar-refractivity contribution < 1.29 is 0 Å². The van der Waals surface area contributed by atoms with Crippen molar-refractivity contribution in [3.8, 4) is 0 Å². The van der Waals surface area contributed by atoms with Crippen LogP contribution < -0.4 is 5.73 Å². The van der Waals surface area contributed by atoms with Gasteiger partial charge >= 0.3 is 0 Å². The molecule has 5 rings (SSSR count). The molecule has 4 aliphatic carbocycles. The van der Waals surface area contributed by atoms with Crippen molar-refractivity contribution >= 4 is 11.3 Å². The first kappa shape index (κ1) is 11.4. The standard InChI is InChI=1S/C15H22N2S/c16-2-1-13-14(17-9-18-13)15-6-10-3-11(7-15)5-12(4-10)8-15/h9-12H,1-8,16H2. The van der Waals surface area contributed by atoms with Gasteiger partial charge in [0.1, 0.15) is 0 Å². The van der Waals surface area contributed by atoms with Crippen LogP contribution in [0.25, 0.3) is 0 Å². The fourth-order valence-corrected chi connectivity index (χ4v) is 6.31. The quantitative estimate of drug-likeness (QED) is 0.909. The molecule has 0 radical (unpaired) electrons. The molecule has 4 saturated carbocycles. The molecular weight excluding hydrogens is 240 g/mol. The summed E-state index contributed by atoms with van der Waals surface area (Å²) in [4.78, 5) is 6.27. The molecule has 98 valence electrons. The lowest BCUT2D eigenvalue weighted by Crippen LogP contribution is -2.49. The highest BCUT2D eigenvalue weighted by molar-refractivity contribution is 7.09. The summed E-state index contributed by atoms with van der Waals surface area (Å²) in [6.45, 7) is 0.765. The second-order valence-corrected chi connectivity index (χ2v) is 7.80. The Morgan fingerprint density at radius 3 is 2.33 bits per heavy atom. The summed E-state index contributed by atoms with van der Waals surface area (Å²) in [5.74, 6) is 3.01. The fraction of sp³-hybridized carbons (Fsp3) is 0.800. The third-order valence-electron chi connectivity index (χ3n) is 5.55. The molecule has 0 unspecified atom stereocenters. The smallest absolute Gasteiger partial charge is 0.0797 e. The van der Waals surface area contributed by atoms with Gasteiger partial charge in [0, 0.05) is 10.3 Å². The normalized spacial score (nSPS) is 41.5. The van der Waals surface area contributed by atoms with Crippen LogP contribution in [0.1, 0.15) is 49.1 Å². The van der Waals surface area contributed by atoms with E-state index in [9.17, 15) is 0 Å². The first-order valence-corrected chi connectivity index (χ1v) is 8.30. The molecule has 1 aromatic heterocycles. The fourth-order valence-electron chi connectivity index (χ4n) is 5.41. The van der Waals surface area contributed by atoms with Gasteiger partial charge in [-0.05, 0) is 69.2 Å². The Balaban J connectivity index is 1.72. The maximum Gasteiger partial charge on any atom is 0.0797 e. The second kappa shape index (κ2) is 4.04. The second-order valence-electron chi connectivity index (χ2n) is 6.86. The Bertz CT molecular complexity index is 416. The zero-order valence-electron chi connectivity index (χ0n) is 10.9. The summed E-state index contributed by atoms with van der Waals surface area (Å²) >= 11 is 1.83. The van der Waals surface area contributed by atoms with Crippen molar-refractivity contribution in [2.45, 2.75) is 50.4 Å². The monoisotopic (exact) mass is 262 g/mol. The minimum atomic E-state index is 0.458. The molecular formula is C15H22N2S. The minimum absolute atomic E-state index is 0.458. The summed E-state index contributed by atoms with van der Waals surface area (Å²) in [6, 6.07) is 0. The van der Waals surface area contributed by atoms with Crippen LogP contribution in [0.5, 0.6) is 0 Å². The predicted octanol–water partition coefficient (Wildman–Crippen LogP) is 3.11. The minimum Gasteiger partial charge on any atom is -0.330 e. The lowest BCUT2D eigenvalue weighted by molar-refractivity contribution is -0.00729. The van der Waals surface area contributed by atoms with Crippen molar-refractivity contribution in [1.82, 2.24) is 4.98 Å². The van der Waals surface area contributed by atoms with Crippen LogP contribution in [0, 0.1) is 17.8 Å². The van der Waals surface area contributed by atoms with Crippen molar-refractivity contribution in [3.05, 3.63) is 16.1 Å². The van der Waals surface area contributed by atoms with Gasteiger partial charge in [0.25, 0.3) is 0 Å². The SMILES string of the molecule is NCCc1scnc1C12CC3CC(CC(C3)C1)C2. The molecule has 0 saturated heterocycles. The summed E-state index contributed by atoms with van der Waals surface area (Å²) in [5.41, 5.74) is 9.73. The van der Waals surface area contributed by atoms with E-state index in [-0.39, 0.29) is 0 Å². The number of thiazole rings is 1. The van der Waals surface area contributed by atoms with Crippen LogP contribution in [0.3, 0.4) is 0 Å². The maximum absolute atomic E-state index is 5.76. The molecule has 0 atom stereocenters. The molecule has 0 aliphatic heterocycles. The molecule has 0 spiro atoms. The number of nitrogens with zero attached hydrogens (tertiary/aromatic N) is 1. The van der Waals surface area contributed by atoms with Gasteiger partial charge in [-0.2, -0.15) is 0 Å². The highest BCUT2D eigenvalue weighted by Gasteiger charge is 2.53. The molecule has 2 N–H and O–H groups in total. The molecule has 0 amide bonds. The van der Waals surface area contributed by atoms with Crippen molar-refractivity contribution in [1.29, 1.82) is 0 Å². The van der Waals surface area contributed by atoms with Gasteiger partial charge in [0.2, 0.25) is 0 Å². The van der Waals surface area contributed by atoms with Gasteiger partial charge < -0.3 is 5.73 Å². The van der Waals surface area contributed by atoms with E-state index in [2.05, 4.69) is 5.51 Å². The number of nitrogens with two attached hydrogens (primary N) is 1. The topological polar surface area (TPSA) is 38.9 Å². The van der Waals surface area contributed by atoms with E-state index in [0.29, 0.717) is 5.41 Å². The number of hydrogen-bond donors (Lipinski definition) is 1. The van der Waals surface area contributed by atoms with Gasteiger partial charge in [0.15, 0.2) is 0 Å². The van der Waals surface area contributed by atoms with Crippen LogP contribution in [-0.4, -0.2) is 11.5 Å². The average molecular weight is 262 g/mol. The van der Waals surface area contributed by atoms with Crippen LogP contribution in [0.15, 0.2) is 5.51 Å². The Morgan fingerprint density at radius 2 is 1.78 bits per heavy atom. The Morgan fingerprint density at radius 1 is 1.17 bits per heavy atom. The highest BCUT2D eigenvalue weighted by atomic mass is 32.1. The predicted molar refractivity (Wildman–Crippen MR) is 74.7 cm³/mol. The van der Waals surface area contributed by atoms with Gasteiger partial charge in [-0.25, -0.2) is 4.98 Å². The van der Waals surface area contributed by atoms with Gasteiger partial charge in [-0.15, -0.1) is 11.3 Å². The van der Waals surface area contributed by atoms with E-state index in [1.165, 1.54) is 49.1 Å². The van der Waals surface area contributed by atoms with E-state index < -0.39 is 0 Å². The number of rotatable bonds is 3.